The number of H-pyrrole nitrogens is 1. The van der Waals surface area contributed by atoms with Gasteiger partial charge in [-0.15, -0.1) is 0 Å². The monoisotopic (exact) mass is 276 g/mol. The maximum atomic E-state index is 9.48. The number of nitrogens with one attached hydrogen (secondary N) is 2. The van der Waals surface area contributed by atoms with Crippen LogP contribution in [0.4, 0.5) is 11.5 Å². The van der Waals surface area contributed by atoms with Crippen LogP contribution in [0.25, 0.3) is 21.9 Å². The van der Waals surface area contributed by atoms with Gasteiger partial charge in [-0.05, 0) is 30.3 Å². The third-order valence-corrected chi connectivity index (χ3v) is 3.38. The van der Waals surface area contributed by atoms with Crippen LogP contribution >= 0.6 is 0 Å². The second-order valence-corrected chi connectivity index (χ2v) is 4.81. The zero-order valence-corrected chi connectivity index (χ0v) is 11.0. The molecule has 0 fully saturated rings. The summed E-state index contributed by atoms with van der Waals surface area (Å²) in [6.45, 7) is 0. The molecule has 0 aliphatic heterocycles. The van der Waals surface area contributed by atoms with Crippen LogP contribution in [0.5, 0.6) is 5.75 Å². The Hall–Kier alpha value is -3.08. The Bertz CT molecular complexity index is 945. The molecule has 0 saturated heterocycles. The maximum Gasteiger partial charge on any atom is 0.140 e. The molecule has 0 atom stereocenters. The van der Waals surface area contributed by atoms with Crippen LogP contribution in [0.1, 0.15) is 0 Å². The number of anilines is 2. The molecule has 102 valence electrons. The van der Waals surface area contributed by atoms with E-state index in [1.807, 2.05) is 30.5 Å². The molecule has 0 amide bonds. The first kappa shape index (κ1) is 11.7. The van der Waals surface area contributed by atoms with E-state index < -0.39 is 0 Å². The van der Waals surface area contributed by atoms with Gasteiger partial charge in [0.05, 0.1) is 5.52 Å². The van der Waals surface area contributed by atoms with Gasteiger partial charge in [0.2, 0.25) is 0 Å². The van der Waals surface area contributed by atoms with E-state index in [0.717, 1.165) is 27.6 Å². The Morgan fingerprint density at radius 3 is 2.90 bits per heavy atom. The number of hydrogen-bond acceptors (Lipinski definition) is 4. The summed E-state index contributed by atoms with van der Waals surface area (Å²) < 4.78 is 0. The predicted molar refractivity (Wildman–Crippen MR) is 82.8 cm³/mol. The Morgan fingerprint density at radius 1 is 1.05 bits per heavy atom. The van der Waals surface area contributed by atoms with Crippen LogP contribution in [-0.2, 0) is 0 Å². The van der Waals surface area contributed by atoms with Crippen LogP contribution in [0, 0.1) is 0 Å². The van der Waals surface area contributed by atoms with E-state index in [1.54, 1.807) is 24.4 Å². The molecule has 5 heteroatoms. The van der Waals surface area contributed by atoms with E-state index in [-0.39, 0.29) is 5.75 Å². The van der Waals surface area contributed by atoms with E-state index in [9.17, 15) is 5.11 Å². The number of aromatic nitrogens is 3. The zero-order valence-electron chi connectivity index (χ0n) is 11.0. The number of fused-ring (bicyclic) bond motifs is 3. The van der Waals surface area contributed by atoms with Crippen molar-refractivity contribution in [2.75, 3.05) is 5.32 Å². The van der Waals surface area contributed by atoms with Crippen LogP contribution in [0.15, 0.2) is 54.9 Å². The van der Waals surface area contributed by atoms with Gasteiger partial charge in [0.15, 0.2) is 0 Å². The molecule has 5 nitrogen and oxygen atoms in total. The van der Waals surface area contributed by atoms with Crippen molar-refractivity contribution in [3.63, 3.8) is 0 Å². The standard InChI is InChI=1S/C16H12N4O/c21-11-3-1-2-10(8-11)18-15-5-4-12-13-9-17-7-6-14(13)19-16(12)20-15/h1-9,21H,(H2,18,19,20). The molecule has 0 unspecified atom stereocenters. The van der Waals surface area contributed by atoms with Crippen LogP contribution < -0.4 is 5.32 Å². The summed E-state index contributed by atoms with van der Waals surface area (Å²) in [5.74, 6) is 0.936. The topological polar surface area (TPSA) is 73.8 Å². The number of phenols is 1. The molecule has 1 aromatic carbocycles. The molecule has 4 rings (SSSR count). The fourth-order valence-corrected chi connectivity index (χ4v) is 2.42. The first-order chi connectivity index (χ1) is 10.3. The minimum atomic E-state index is 0.220. The summed E-state index contributed by atoms with van der Waals surface area (Å²) in [7, 11) is 0. The highest BCUT2D eigenvalue weighted by atomic mass is 16.3. The molecule has 0 bridgehead atoms. The van der Waals surface area contributed by atoms with Crippen LogP contribution in [-0.4, -0.2) is 20.1 Å². The number of phenolic OH excluding ortho intramolecular Hbond substituents is 1. The number of pyridine rings is 2. The van der Waals surface area contributed by atoms with Gasteiger partial charge >= 0.3 is 0 Å². The number of aromatic amines is 1. The first-order valence-corrected chi connectivity index (χ1v) is 6.58. The van der Waals surface area contributed by atoms with Crippen LogP contribution in [0.2, 0.25) is 0 Å². The summed E-state index contributed by atoms with van der Waals surface area (Å²) in [4.78, 5) is 12.0. The quantitative estimate of drug-likeness (QED) is 0.523. The van der Waals surface area contributed by atoms with Crippen molar-refractivity contribution in [2.45, 2.75) is 0 Å². The average molecular weight is 276 g/mol. The van der Waals surface area contributed by atoms with Crippen molar-refractivity contribution in [2.24, 2.45) is 0 Å². The highest BCUT2D eigenvalue weighted by Crippen LogP contribution is 2.26. The van der Waals surface area contributed by atoms with E-state index in [4.69, 9.17) is 0 Å². The Morgan fingerprint density at radius 2 is 2.00 bits per heavy atom. The van der Waals surface area contributed by atoms with Gasteiger partial charge < -0.3 is 15.4 Å². The molecule has 0 aliphatic rings. The molecule has 0 aliphatic carbocycles. The van der Waals surface area contributed by atoms with Gasteiger partial charge in [-0.1, -0.05) is 6.07 Å². The van der Waals surface area contributed by atoms with Crippen molar-refractivity contribution in [3.8, 4) is 5.75 Å². The van der Waals surface area contributed by atoms with Crippen molar-refractivity contribution in [3.05, 3.63) is 54.9 Å². The lowest BCUT2D eigenvalue weighted by Crippen LogP contribution is -1.93. The zero-order chi connectivity index (χ0) is 14.2. The maximum absolute atomic E-state index is 9.48. The van der Waals surface area contributed by atoms with Gasteiger partial charge in [0, 0.05) is 34.9 Å². The minimum absolute atomic E-state index is 0.220. The summed E-state index contributed by atoms with van der Waals surface area (Å²) in [6, 6.07) is 12.8. The highest BCUT2D eigenvalue weighted by Gasteiger charge is 2.06. The molecule has 3 aromatic heterocycles. The summed E-state index contributed by atoms with van der Waals surface area (Å²) >= 11 is 0. The number of nitrogens with zero attached hydrogens (tertiary/aromatic N) is 2. The third-order valence-electron chi connectivity index (χ3n) is 3.38. The predicted octanol–water partition coefficient (Wildman–Crippen LogP) is 3.56. The Labute approximate surface area is 120 Å². The molecule has 0 radical (unpaired) electrons. The van der Waals surface area contributed by atoms with E-state index in [1.165, 1.54) is 0 Å². The van der Waals surface area contributed by atoms with E-state index in [0.29, 0.717) is 5.82 Å². The molecular weight excluding hydrogens is 264 g/mol. The summed E-state index contributed by atoms with van der Waals surface area (Å²) in [6.07, 6.45) is 3.59. The summed E-state index contributed by atoms with van der Waals surface area (Å²) in [5.41, 5.74) is 2.62. The number of benzene rings is 1. The number of rotatable bonds is 2. The van der Waals surface area contributed by atoms with Crippen LogP contribution in [0.3, 0.4) is 0 Å². The lowest BCUT2D eigenvalue weighted by molar-refractivity contribution is 0.475. The van der Waals surface area contributed by atoms with Crippen molar-refractivity contribution in [1.82, 2.24) is 15.0 Å². The second-order valence-electron chi connectivity index (χ2n) is 4.81. The molecule has 0 saturated carbocycles. The number of hydrogen-bond donors (Lipinski definition) is 3. The van der Waals surface area contributed by atoms with E-state index >= 15 is 0 Å². The average Bonchev–Trinajstić information content (AvgIpc) is 2.85. The lowest BCUT2D eigenvalue weighted by atomic mass is 10.2. The summed E-state index contributed by atoms with van der Waals surface area (Å²) in [5, 5.41) is 14.8. The lowest BCUT2D eigenvalue weighted by Gasteiger charge is -2.05. The third kappa shape index (κ3) is 2.04. The Balaban J connectivity index is 1.78. The SMILES string of the molecule is Oc1cccc(Nc2ccc3c(n2)[nH]c2ccncc23)c1. The van der Waals surface area contributed by atoms with Crippen molar-refractivity contribution >= 4 is 33.4 Å². The fraction of sp³-hybridized carbons (Fsp3) is 0. The molecule has 4 aromatic rings. The van der Waals surface area contributed by atoms with Gasteiger partial charge in [0.25, 0.3) is 0 Å². The molecular formula is C16H12N4O. The molecule has 3 heterocycles. The van der Waals surface area contributed by atoms with Gasteiger partial charge in [0.1, 0.15) is 17.2 Å². The molecule has 0 spiro atoms. The first-order valence-electron chi connectivity index (χ1n) is 6.58. The largest absolute Gasteiger partial charge is 0.508 e. The number of aromatic hydroxyl groups is 1. The van der Waals surface area contributed by atoms with E-state index in [2.05, 4.69) is 20.3 Å². The fourth-order valence-electron chi connectivity index (χ4n) is 2.42. The van der Waals surface area contributed by atoms with Gasteiger partial charge in [-0.25, -0.2) is 4.98 Å². The molecule has 3 N–H and O–H groups in total. The Kier molecular flexibility index (Phi) is 2.50. The smallest absolute Gasteiger partial charge is 0.140 e. The van der Waals surface area contributed by atoms with Crippen molar-refractivity contribution < 1.29 is 5.11 Å². The minimum Gasteiger partial charge on any atom is -0.508 e. The van der Waals surface area contributed by atoms with Crippen molar-refractivity contribution in [1.29, 1.82) is 0 Å². The highest BCUT2D eigenvalue weighted by molar-refractivity contribution is 6.05. The van der Waals surface area contributed by atoms with Gasteiger partial charge in [-0.3, -0.25) is 4.98 Å². The van der Waals surface area contributed by atoms with Gasteiger partial charge in [-0.2, -0.15) is 0 Å². The normalized spacial score (nSPS) is 11.0. The second kappa shape index (κ2) is 4.49. The molecule has 21 heavy (non-hydrogen) atoms.